The number of carbonyl (C=O) groups is 1. The maximum absolute atomic E-state index is 11.8. The Morgan fingerprint density at radius 1 is 1.30 bits per heavy atom. The third kappa shape index (κ3) is 5.57. The zero-order chi connectivity index (χ0) is 15.0. The lowest BCUT2D eigenvalue weighted by Crippen LogP contribution is -2.38. The Morgan fingerprint density at radius 3 is 2.45 bits per heavy atom. The van der Waals surface area contributed by atoms with Gasteiger partial charge in [-0.1, -0.05) is 45.0 Å². The van der Waals surface area contributed by atoms with Gasteiger partial charge in [0.15, 0.2) is 0 Å². The molecule has 1 atom stereocenters. The smallest absolute Gasteiger partial charge is 0.244 e. The number of nitrogens with one attached hydrogen (secondary N) is 1. The molecule has 0 aliphatic rings. The van der Waals surface area contributed by atoms with Crippen LogP contribution >= 0.6 is 0 Å². The van der Waals surface area contributed by atoms with Crippen molar-refractivity contribution in [1.82, 2.24) is 5.32 Å². The van der Waals surface area contributed by atoms with Crippen molar-refractivity contribution in [2.75, 3.05) is 6.61 Å². The van der Waals surface area contributed by atoms with E-state index in [-0.39, 0.29) is 18.6 Å². The number of hydrogen-bond donors (Lipinski definition) is 2. The summed E-state index contributed by atoms with van der Waals surface area (Å²) < 4.78 is 0. The van der Waals surface area contributed by atoms with Crippen molar-refractivity contribution in [3.63, 3.8) is 0 Å². The van der Waals surface area contributed by atoms with Crippen LogP contribution in [0.1, 0.15) is 38.3 Å². The van der Waals surface area contributed by atoms with Crippen LogP contribution < -0.4 is 5.32 Å². The van der Waals surface area contributed by atoms with Crippen molar-refractivity contribution in [2.45, 2.75) is 39.7 Å². The van der Waals surface area contributed by atoms with Crippen LogP contribution in [0.5, 0.6) is 0 Å². The van der Waals surface area contributed by atoms with E-state index in [1.165, 1.54) is 5.56 Å². The summed E-state index contributed by atoms with van der Waals surface area (Å²) in [5, 5.41) is 11.9. The number of hydrogen-bond acceptors (Lipinski definition) is 2. The second kappa shape index (κ2) is 8.54. The Bertz CT molecular complexity index is 435. The molecule has 3 nitrogen and oxygen atoms in total. The minimum absolute atomic E-state index is 0.0135. The van der Waals surface area contributed by atoms with Crippen molar-refractivity contribution >= 4 is 12.0 Å². The van der Waals surface area contributed by atoms with Crippen LogP contribution in [0, 0.1) is 5.92 Å². The molecule has 0 heterocycles. The van der Waals surface area contributed by atoms with Crippen LogP contribution in [-0.4, -0.2) is 23.7 Å². The molecular weight excluding hydrogens is 250 g/mol. The maximum atomic E-state index is 11.8. The van der Waals surface area contributed by atoms with Crippen LogP contribution in [0.15, 0.2) is 30.3 Å². The average Bonchev–Trinajstić information content (AvgIpc) is 2.45. The number of aryl methyl sites for hydroxylation is 1. The monoisotopic (exact) mass is 275 g/mol. The summed E-state index contributed by atoms with van der Waals surface area (Å²) in [6, 6.07) is 8.17. The summed E-state index contributed by atoms with van der Waals surface area (Å²) in [5.74, 6) is 0.194. The van der Waals surface area contributed by atoms with Gasteiger partial charge in [-0.15, -0.1) is 0 Å². The fourth-order valence-corrected chi connectivity index (χ4v) is 1.98. The van der Waals surface area contributed by atoms with Gasteiger partial charge < -0.3 is 10.4 Å². The zero-order valence-electron chi connectivity index (χ0n) is 12.6. The van der Waals surface area contributed by atoms with Crippen LogP contribution in [0.4, 0.5) is 0 Å². The van der Waals surface area contributed by atoms with Crippen molar-refractivity contribution in [2.24, 2.45) is 5.92 Å². The Kier molecular flexibility index (Phi) is 7.02. The van der Waals surface area contributed by atoms with E-state index in [1.54, 1.807) is 6.08 Å². The lowest BCUT2D eigenvalue weighted by Gasteiger charge is -2.20. The Hall–Kier alpha value is -1.61. The Morgan fingerprint density at radius 2 is 1.95 bits per heavy atom. The minimum atomic E-state index is -0.114. The topological polar surface area (TPSA) is 49.3 Å². The largest absolute Gasteiger partial charge is 0.396 e. The summed E-state index contributed by atoms with van der Waals surface area (Å²) in [4.78, 5) is 11.8. The van der Waals surface area contributed by atoms with Gasteiger partial charge in [0.25, 0.3) is 0 Å². The lowest BCUT2D eigenvalue weighted by atomic mass is 10.0. The van der Waals surface area contributed by atoms with Gasteiger partial charge in [-0.3, -0.25) is 4.79 Å². The second-order valence-corrected chi connectivity index (χ2v) is 5.30. The van der Waals surface area contributed by atoms with Crippen molar-refractivity contribution < 1.29 is 9.90 Å². The first-order valence-corrected chi connectivity index (χ1v) is 7.25. The van der Waals surface area contributed by atoms with Crippen molar-refractivity contribution in [3.05, 3.63) is 41.5 Å². The van der Waals surface area contributed by atoms with Crippen LogP contribution in [-0.2, 0) is 11.2 Å². The molecule has 0 aliphatic heterocycles. The van der Waals surface area contributed by atoms with E-state index in [0.717, 1.165) is 12.0 Å². The Labute approximate surface area is 121 Å². The number of carbonyl (C=O) groups excluding carboxylic acids is 1. The molecule has 0 aromatic heterocycles. The fourth-order valence-electron chi connectivity index (χ4n) is 1.98. The number of benzene rings is 1. The first-order chi connectivity index (χ1) is 9.56. The molecule has 0 bridgehead atoms. The summed E-state index contributed by atoms with van der Waals surface area (Å²) in [7, 11) is 0. The normalized spacial score (nSPS) is 12.8. The SMILES string of the molecule is CCc1ccc(/C=C/C(=O)NC(CCO)C(C)C)cc1. The molecule has 2 N–H and O–H groups in total. The number of amides is 1. The molecule has 1 aromatic carbocycles. The van der Waals surface area contributed by atoms with Gasteiger partial charge in [0.2, 0.25) is 5.91 Å². The quantitative estimate of drug-likeness (QED) is 0.752. The molecule has 0 saturated heterocycles. The molecule has 0 fully saturated rings. The highest BCUT2D eigenvalue weighted by atomic mass is 16.3. The summed E-state index contributed by atoms with van der Waals surface area (Å²) >= 11 is 0. The zero-order valence-corrected chi connectivity index (χ0v) is 12.6. The van der Waals surface area contributed by atoms with Gasteiger partial charge in [-0.05, 0) is 36.0 Å². The summed E-state index contributed by atoms with van der Waals surface area (Å²) in [6.45, 7) is 6.28. The third-order valence-corrected chi connectivity index (χ3v) is 3.39. The Balaban J connectivity index is 2.57. The van der Waals surface area contributed by atoms with Crippen LogP contribution in [0.3, 0.4) is 0 Å². The molecule has 110 valence electrons. The molecule has 1 amide bonds. The molecule has 20 heavy (non-hydrogen) atoms. The van der Waals surface area contributed by atoms with E-state index < -0.39 is 0 Å². The average molecular weight is 275 g/mol. The van der Waals surface area contributed by atoms with Gasteiger partial charge in [0.05, 0.1) is 0 Å². The second-order valence-electron chi connectivity index (χ2n) is 5.30. The number of rotatable bonds is 7. The van der Waals surface area contributed by atoms with E-state index in [1.807, 2.05) is 32.1 Å². The van der Waals surface area contributed by atoms with Gasteiger partial charge in [-0.2, -0.15) is 0 Å². The molecular formula is C17H25NO2. The number of aliphatic hydroxyl groups excluding tert-OH is 1. The van der Waals surface area contributed by atoms with Gasteiger partial charge >= 0.3 is 0 Å². The minimum Gasteiger partial charge on any atom is -0.396 e. The predicted molar refractivity (Wildman–Crippen MR) is 83.3 cm³/mol. The molecule has 0 spiro atoms. The highest BCUT2D eigenvalue weighted by Gasteiger charge is 2.13. The molecule has 3 heteroatoms. The van der Waals surface area contributed by atoms with E-state index in [4.69, 9.17) is 5.11 Å². The van der Waals surface area contributed by atoms with E-state index in [2.05, 4.69) is 24.4 Å². The maximum Gasteiger partial charge on any atom is 0.244 e. The van der Waals surface area contributed by atoms with Gasteiger partial charge in [-0.25, -0.2) is 0 Å². The van der Waals surface area contributed by atoms with Crippen molar-refractivity contribution in [3.8, 4) is 0 Å². The molecule has 1 unspecified atom stereocenters. The molecule has 1 aromatic rings. The standard InChI is InChI=1S/C17H25NO2/c1-4-14-5-7-15(8-6-14)9-10-17(20)18-16(11-12-19)13(2)3/h5-10,13,16,19H,4,11-12H2,1-3H3,(H,18,20)/b10-9+. The highest BCUT2D eigenvalue weighted by molar-refractivity contribution is 5.91. The van der Waals surface area contributed by atoms with Crippen LogP contribution in [0.25, 0.3) is 6.08 Å². The summed E-state index contributed by atoms with van der Waals surface area (Å²) in [5.41, 5.74) is 2.30. The van der Waals surface area contributed by atoms with Crippen molar-refractivity contribution in [1.29, 1.82) is 0 Å². The lowest BCUT2D eigenvalue weighted by molar-refractivity contribution is -0.117. The molecule has 0 radical (unpaired) electrons. The predicted octanol–water partition coefficient (Wildman–Crippen LogP) is 2.79. The molecule has 0 aliphatic carbocycles. The van der Waals surface area contributed by atoms with Crippen LogP contribution in [0.2, 0.25) is 0 Å². The summed E-state index contributed by atoms with van der Waals surface area (Å²) in [6.07, 6.45) is 4.96. The van der Waals surface area contributed by atoms with Gasteiger partial charge in [0, 0.05) is 18.7 Å². The molecule has 1 rings (SSSR count). The number of aliphatic hydroxyl groups is 1. The van der Waals surface area contributed by atoms with E-state index in [9.17, 15) is 4.79 Å². The fraction of sp³-hybridized carbons (Fsp3) is 0.471. The first kappa shape index (κ1) is 16.4. The van der Waals surface area contributed by atoms with E-state index in [0.29, 0.717) is 12.3 Å². The van der Waals surface area contributed by atoms with E-state index >= 15 is 0 Å². The highest BCUT2D eigenvalue weighted by Crippen LogP contribution is 2.08. The van der Waals surface area contributed by atoms with Gasteiger partial charge in [0.1, 0.15) is 0 Å². The first-order valence-electron chi connectivity index (χ1n) is 7.25. The third-order valence-electron chi connectivity index (χ3n) is 3.39. The molecule has 0 saturated carbocycles.